The lowest BCUT2D eigenvalue weighted by Gasteiger charge is -2.42. The quantitative estimate of drug-likeness (QED) is 0.792. The Hall–Kier alpha value is -2.20. The predicted octanol–water partition coefficient (Wildman–Crippen LogP) is 5.21. The average molecular weight is 382 g/mol. The number of hydrogen-bond donors (Lipinski definition) is 1. The second-order valence-corrected chi connectivity index (χ2v) is 9.23. The number of nitrogens with one attached hydrogen (secondary N) is 1. The lowest BCUT2D eigenvalue weighted by molar-refractivity contribution is 0.0603. The molecule has 4 heteroatoms. The highest BCUT2D eigenvalue weighted by Crippen LogP contribution is 2.50. The van der Waals surface area contributed by atoms with Crippen molar-refractivity contribution in [3.8, 4) is 17.2 Å². The molecule has 150 valence electrons. The van der Waals surface area contributed by atoms with Crippen molar-refractivity contribution in [1.82, 2.24) is 5.32 Å². The molecule has 2 atom stereocenters. The molecule has 2 unspecified atom stereocenters. The molecule has 2 aliphatic heterocycles. The molecule has 28 heavy (non-hydrogen) atoms. The third kappa shape index (κ3) is 3.46. The molecule has 2 aliphatic rings. The zero-order valence-electron chi connectivity index (χ0n) is 17.8. The first-order valence-corrected chi connectivity index (χ1v) is 10.1. The Morgan fingerprint density at radius 3 is 2.11 bits per heavy atom. The van der Waals surface area contributed by atoms with Crippen LogP contribution in [0.15, 0.2) is 36.4 Å². The first kappa shape index (κ1) is 19.1. The highest BCUT2D eigenvalue weighted by molar-refractivity contribution is 5.54. The van der Waals surface area contributed by atoms with Crippen LogP contribution < -0.4 is 19.5 Å². The molecular formula is C24H31NO3. The summed E-state index contributed by atoms with van der Waals surface area (Å²) < 4.78 is 18.1. The lowest BCUT2D eigenvalue weighted by Crippen LogP contribution is -2.39. The molecule has 2 aromatic carbocycles. The summed E-state index contributed by atoms with van der Waals surface area (Å²) in [5.74, 6) is 3.03. The second-order valence-electron chi connectivity index (χ2n) is 9.23. The largest absolute Gasteiger partial charge is 0.497 e. The fourth-order valence-electron chi connectivity index (χ4n) is 4.59. The van der Waals surface area contributed by atoms with E-state index in [4.69, 9.17) is 14.2 Å². The van der Waals surface area contributed by atoms with Crippen molar-refractivity contribution in [1.29, 1.82) is 0 Å². The molecule has 0 aromatic heterocycles. The summed E-state index contributed by atoms with van der Waals surface area (Å²) in [5.41, 5.74) is 3.32. The van der Waals surface area contributed by atoms with Crippen LogP contribution in [0, 0.1) is 0 Å². The van der Waals surface area contributed by atoms with Crippen LogP contribution in [0.2, 0.25) is 0 Å². The zero-order valence-corrected chi connectivity index (χ0v) is 17.8. The highest BCUT2D eigenvalue weighted by atomic mass is 16.5. The maximum Gasteiger partial charge on any atom is 0.128 e. The molecule has 0 amide bonds. The van der Waals surface area contributed by atoms with Gasteiger partial charge in [0.05, 0.1) is 7.11 Å². The van der Waals surface area contributed by atoms with E-state index < -0.39 is 0 Å². The Labute approximate surface area is 168 Å². The first-order valence-electron chi connectivity index (χ1n) is 10.1. The lowest BCUT2D eigenvalue weighted by atomic mass is 9.78. The smallest absolute Gasteiger partial charge is 0.128 e. The minimum absolute atomic E-state index is 0.200. The van der Waals surface area contributed by atoms with Crippen LogP contribution in [0.1, 0.15) is 69.2 Å². The summed E-state index contributed by atoms with van der Waals surface area (Å²) >= 11 is 0. The van der Waals surface area contributed by atoms with Crippen LogP contribution in [0.4, 0.5) is 0 Å². The average Bonchev–Trinajstić information content (AvgIpc) is 2.64. The molecule has 4 rings (SSSR count). The van der Waals surface area contributed by atoms with Crippen molar-refractivity contribution >= 4 is 0 Å². The van der Waals surface area contributed by atoms with Gasteiger partial charge in [-0.1, -0.05) is 12.1 Å². The van der Waals surface area contributed by atoms with E-state index in [1.165, 1.54) is 16.7 Å². The highest BCUT2D eigenvalue weighted by Gasteiger charge is 2.39. The fraction of sp³-hybridized carbons (Fsp3) is 0.500. The zero-order chi connectivity index (χ0) is 20.1. The summed E-state index contributed by atoms with van der Waals surface area (Å²) in [7, 11) is 3.73. The minimum Gasteiger partial charge on any atom is -0.497 e. The van der Waals surface area contributed by atoms with Gasteiger partial charge in [-0.05, 0) is 64.9 Å². The van der Waals surface area contributed by atoms with Crippen LogP contribution in [-0.4, -0.2) is 25.4 Å². The summed E-state index contributed by atoms with van der Waals surface area (Å²) in [6, 6.07) is 13.1. The number of benzene rings is 2. The second kappa shape index (κ2) is 6.70. The summed E-state index contributed by atoms with van der Waals surface area (Å²) in [6.07, 6.45) is 1.87. The minimum atomic E-state index is -0.238. The predicted molar refractivity (Wildman–Crippen MR) is 112 cm³/mol. The van der Waals surface area contributed by atoms with Gasteiger partial charge in [0, 0.05) is 35.6 Å². The normalized spacial score (nSPS) is 24.4. The van der Waals surface area contributed by atoms with Crippen LogP contribution in [0.5, 0.6) is 17.2 Å². The number of ether oxygens (including phenoxy) is 3. The van der Waals surface area contributed by atoms with Crippen molar-refractivity contribution < 1.29 is 14.2 Å². The molecule has 0 radical (unpaired) electrons. The van der Waals surface area contributed by atoms with E-state index in [1.54, 1.807) is 7.11 Å². The Kier molecular flexibility index (Phi) is 4.58. The van der Waals surface area contributed by atoms with Gasteiger partial charge in [-0.2, -0.15) is 0 Å². The van der Waals surface area contributed by atoms with E-state index in [9.17, 15) is 0 Å². The summed E-state index contributed by atoms with van der Waals surface area (Å²) in [4.78, 5) is 0. The molecule has 4 nitrogen and oxygen atoms in total. The molecule has 0 aliphatic carbocycles. The van der Waals surface area contributed by atoms with Crippen molar-refractivity contribution in [3.63, 3.8) is 0 Å². The van der Waals surface area contributed by atoms with Gasteiger partial charge in [-0.3, -0.25) is 0 Å². The number of methoxy groups -OCH3 is 1. The van der Waals surface area contributed by atoms with Crippen molar-refractivity contribution in [2.45, 2.75) is 63.7 Å². The monoisotopic (exact) mass is 381 g/mol. The number of rotatable bonds is 3. The SMILES string of the molecule is CNC1CC(C)(C)Oc2cc3c(cc21)C(c1ccc(OC)cc1)CC(C)(C)O3. The van der Waals surface area contributed by atoms with Gasteiger partial charge in [-0.25, -0.2) is 0 Å². The molecule has 0 spiro atoms. The van der Waals surface area contributed by atoms with E-state index in [0.29, 0.717) is 0 Å². The first-order chi connectivity index (χ1) is 13.2. The molecule has 2 aromatic rings. The van der Waals surface area contributed by atoms with Gasteiger partial charge in [0.15, 0.2) is 0 Å². The van der Waals surface area contributed by atoms with E-state index in [-0.39, 0.29) is 23.2 Å². The molecule has 0 saturated carbocycles. The summed E-state index contributed by atoms with van der Waals surface area (Å²) in [5, 5.41) is 3.47. The van der Waals surface area contributed by atoms with Crippen LogP contribution in [-0.2, 0) is 0 Å². The molecule has 0 saturated heterocycles. The van der Waals surface area contributed by atoms with Gasteiger partial charge in [-0.15, -0.1) is 0 Å². The molecular weight excluding hydrogens is 350 g/mol. The van der Waals surface area contributed by atoms with Crippen LogP contribution in [0.3, 0.4) is 0 Å². The van der Waals surface area contributed by atoms with E-state index in [1.807, 2.05) is 19.2 Å². The Bertz CT molecular complexity index is 870. The third-order valence-corrected chi connectivity index (χ3v) is 5.92. The standard InChI is InChI=1S/C24H31NO3/c1-23(2)13-19(15-7-9-16(26-6)10-8-15)17-11-18-20(25-5)14-24(3,4)28-22(18)12-21(17)27-23/h7-12,19-20,25H,13-14H2,1-6H3. The van der Waals surface area contributed by atoms with E-state index >= 15 is 0 Å². The molecule has 0 bridgehead atoms. The van der Waals surface area contributed by atoms with Gasteiger partial charge in [0.2, 0.25) is 0 Å². The number of fused-ring (bicyclic) bond motifs is 2. The van der Waals surface area contributed by atoms with Gasteiger partial charge >= 0.3 is 0 Å². The molecule has 0 fully saturated rings. The topological polar surface area (TPSA) is 39.7 Å². The molecule has 1 N–H and O–H groups in total. The number of hydrogen-bond acceptors (Lipinski definition) is 4. The van der Waals surface area contributed by atoms with E-state index in [0.717, 1.165) is 30.1 Å². The van der Waals surface area contributed by atoms with Gasteiger partial charge in [0.1, 0.15) is 28.5 Å². The third-order valence-electron chi connectivity index (χ3n) is 5.92. The Morgan fingerprint density at radius 1 is 0.893 bits per heavy atom. The maximum atomic E-state index is 6.39. The fourth-order valence-corrected chi connectivity index (χ4v) is 4.59. The maximum absolute atomic E-state index is 6.39. The Balaban J connectivity index is 1.82. The van der Waals surface area contributed by atoms with Crippen molar-refractivity contribution in [2.75, 3.05) is 14.2 Å². The summed E-state index contributed by atoms with van der Waals surface area (Å²) in [6.45, 7) is 8.61. The van der Waals surface area contributed by atoms with Crippen LogP contribution >= 0.6 is 0 Å². The molecule has 2 heterocycles. The van der Waals surface area contributed by atoms with Crippen molar-refractivity contribution in [2.24, 2.45) is 0 Å². The van der Waals surface area contributed by atoms with Gasteiger partial charge in [0.25, 0.3) is 0 Å². The van der Waals surface area contributed by atoms with Crippen molar-refractivity contribution in [3.05, 3.63) is 53.1 Å². The Morgan fingerprint density at radius 2 is 1.50 bits per heavy atom. The van der Waals surface area contributed by atoms with E-state index in [2.05, 4.69) is 57.3 Å². The van der Waals surface area contributed by atoms with Crippen LogP contribution in [0.25, 0.3) is 0 Å². The van der Waals surface area contributed by atoms with Gasteiger partial charge < -0.3 is 19.5 Å².